The summed E-state index contributed by atoms with van der Waals surface area (Å²) in [6.07, 6.45) is 13.3. The molecule has 10 atom stereocenters. The number of allylic oxidation sites excluding steroid dienone is 1. The van der Waals surface area contributed by atoms with Crippen LogP contribution < -0.4 is 5.32 Å². The van der Waals surface area contributed by atoms with E-state index in [1.807, 2.05) is 48.5 Å². The number of rotatable bonds is 19. The van der Waals surface area contributed by atoms with Crippen molar-refractivity contribution in [2.75, 3.05) is 20.2 Å². The van der Waals surface area contributed by atoms with Crippen molar-refractivity contribution < 1.29 is 43.3 Å². The second-order valence-corrected chi connectivity index (χ2v) is 17.7. The van der Waals surface area contributed by atoms with E-state index in [9.17, 15) is 14.7 Å². The van der Waals surface area contributed by atoms with E-state index in [0.717, 1.165) is 74.5 Å². The first-order chi connectivity index (χ1) is 28.7. The van der Waals surface area contributed by atoms with E-state index in [2.05, 4.69) is 37.4 Å². The molecule has 2 aromatic rings. The van der Waals surface area contributed by atoms with Crippen molar-refractivity contribution in [1.29, 1.82) is 0 Å². The molecular weight excluding hydrogens is 751 g/mol. The Kier molecular flexibility index (Phi) is 12.9. The van der Waals surface area contributed by atoms with Gasteiger partial charge in [-0.3, -0.25) is 19.2 Å². The Morgan fingerprint density at radius 1 is 0.949 bits per heavy atom. The third-order valence-corrected chi connectivity index (χ3v) is 13.7. The third kappa shape index (κ3) is 8.50. The van der Waals surface area contributed by atoms with E-state index in [4.69, 9.17) is 23.8 Å². The number of aliphatic hydroxyl groups excluding tert-OH is 1. The summed E-state index contributed by atoms with van der Waals surface area (Å²) in [7, 11) is 1.64. The van der Waals surface area contributed by atoms with Gasteiger partial charge in [-0.25, -0.2) is 0 Å². The fourth-order valence-electron chi connectivity index (χ4n) is 10.5. The molecular formula is C47H63N3O9. The van der Waals surface area contributed by atoms with Crippen LogP contribution in [0.1, 0.15) is 108 Å². The van der Waals surface area contributed by atoms with E-state index < -0.39 is 59.6 Å². The fraction of sp³-hybridized carbons (Fsp3) is 0.638. The molecule has 0 aromatic heterocycles. The lowest BCUT2D eigenvalue weighted by Gasteiger charge is -2.50. The molecule has 2 N–H and O–H groups in total. The van der Waals surface area contributed by atoms with Gasteiger partial charge in [0.2, 0.25) is 11.8 Å². The van der Waals surface area contributed by atoms with E-state index in [1.54, 1.807) is 12.1 Å². The first-order valence-corrected chi connectivity index (χ1v) is 22.3. The Hall–Kier alpha value is -3.65. The summed E-state index contributed by atoms with van der Waals surface area (Å²) in [5, 5.41) is 14.1. The Bertz CT molecular complexity index is 1810. The first-order valence-electron chi connectivity index (χ1n) is 22.3. The minimum atomic E-state index is -1.44. The number of benzene rings is 2. The molecule has 4 aliphatic heterocycles. The van der Waals surface area contributed by atoms with Crippen LogP contribution in [0.3, 0.4) is 0 Å². The number of epoxide rings is 1. The van der Waals surface area contributed by atoms with Crippen molar-refractivity contribution >= 4 is 23.9 Å². The van der Waals surface area contributed by atoms with Gasteiger partial charge < -0.3 is 34.3 Å². The van der Waals surface area contributed by atoms with E-state index in [0.29, 0.717) is 31.0 Å². The predicted octanol–water partition coefficient (Wildman–Crippen LogP) is 5.89. The molecule has 2 aliphatic carbocycles. The van der Waals surface area contributed by atoms with Crippen LogP contribution >= 0.6 is 0 Å². The van der Waals surface area contributed by atoms with Gasteiger partial charge in [0, 0.05) is 39.3 Å². The van der Waals surface area contributed by atoms with E-state index in [1.165, 1.54) is 4.90 Å². The molecule has 12 nitrogen and oxygen atoms in total. The van der Waals surface area contributed by atoms with Crippen molar-refractivity contribution in [2.24, 2.45) is 11.3 Å². The fourth-order valence-corrected chi connectivity index (χ4v) is 10.5. The van der Waals surface area contributed by atoms with Crippen LogP contribution in [0, 0.1) is 11.3 Å². The average Bonchev–Trinajstić information content (AvgIpc) is 3.80. The smallest absolute Gasteiger partial charge is 0.327 e. The van der Waals surface area contributed by atoms with Crippen LogP contribution in [-0.2, 0) is 51.1 Å². The lowest BCUT2D eigenvalue weighted by molar-refractivity contribution is -0.225. The number of nitrogens with one attached hydrogen (secondary N) is 1. The summed E-state index contributed by atoms with van der Waals surface area (Å²) in [4.78, 5) is 52.7. The number of nitrogens with zero attached hydrogens (tertiary/aromatic N) is 2. The quantitative estimate of drug-likeness (QED) is 0.100. The van der Waals surface area contributed by atoms with Crippen molar-refractivity contribution in [3.8, 4) is 0 Å². The molecule has 2 amide bonds. The SMILES string of the molecule is CCCCCC1(CCCCC)OC2C3CC4(C(=O)N(C)C(Cc5ccccc5)C(=O)NCCO)C(ON(Cc5ccccc5C=CC5CCC6OC6C5)C4C(=O)O3)C2O1. The Morgan fingerprint density at radius 3 is 2.41 bits per heavy atom. The Morgan fingerprint density at radius 2 is 1.68 bits per heavy atom. The summed E-state index contributed by atoms with van der Waals surface area (Å²) >= 11 is 0. The van der Waals surface area contributed by atoms with Crippen molar-refractivity contribution in [3.05, 3.63) is 77.4 Å². The van der Waals surface area contributed by atoms with Gasteiger partial charge in [-0.1, -0.05) is 106 Å². The first kappa shape index (κ1) is 42.1. The van der Waals surface area contributed by atoms with Crippen LogP contribution in [0.5, 0.6) is 0 Å². The number of carbonyl (C=O) groups excluding carboxylic acids is 3. The van der Waals surface area contributed by atoms with Gasteiger partial charge in [0.25, 0.3) is 0 Å². The highest BCUT2D eigenvalue weighted by Crippen LogP contribution is 2.58. The molecule has 6 fully saturated rings. The number of carbonyl (C=O) groups is 3. The summed E-state index contributed by atoms with van der Waals surface area (Å²) in [6.45, 7) is 4.37. The number of hydroxylamine groups is 2. The number of ether oxygens (including phenoxy) is 4. The zero-order valence-corrected chi connectivity index (χ0v) is 35.0. The molecule has 12 heteroatoms. The molecule has 8 rings (SSSR count). The summed E-state index contributed by atoms with van der Waals surface area (Å²) in [6, 6.07) is 15.6. The van der Waals surface area contributed by atoms with Crippen LogP contribution in [0.2, 0.25) is 0 Å². The maximum atomic E-state index is 15.7. The topological polar surface area (TPSA) is 139 Å². The number of unbranched alkanes of at least 4 members (excludes halogenated alkanes) is 4. The van der Waals surface area contributed by atoms with E-state index >= 15 is 4.79 Å². The molecule has 4 heterocycles. The summed E-state index contributed by atoms with van der Waals surface area (Å²) in [5.74, 6) is -1.77. The summed E-state index contributed by atoms with van der Waals surface area (Å²) in [5.41, 5.74) is 1.39. The van der Waals surface area contributed by atoms with Gasteiger partial charge in [0.15, 0.2) is 11.8 Å². The van der Waals surface area contributed by atoms with Crippen LogP contribution in [0.25, 0.3) is 6.08 Å². The molecule has 59 heavy (non-hydrogen) atoms. The van der Waals surface area contributed by atoms with Crippen molar-refractivity contribution in [3.63, 3.8) is 0 Å². The highest BCUT2D eigenvalue weighted by atomic mass is 16.8. The van der Waals surface area contributed by atoms with Gasteiger partial charge in [0.1, 0.15) is 35.9 Å². The molecule has 2 bridgehead atoms. The second-order valence-electron chi connectivity index (χ2n) is 17.7. The number of aliphatic hydroxyl groups is 1. The van der Waals surface area contributed by atoms with E-state index in [-0.39, 0.29) is 38.4 Å². The number of hydrogen-bond donors (Lipinski definition) is 2. The average molecular weight is 814 g/mol. The van der Waals surface area contributed by atoms with Gasteiger partial charge in [-0.05, 0) is 54.7 Å². The molecule has 2 aromatic carbocycles. The Balaban J connectivity index is 1.15. The maximum Gasteiger partial charge on any atom is 0.327 e. The number of esters is 1. The third-order valence-electron chi connectivity index (χ3n) is 13.7. The normalized spacial score (nSPS) is 32.0. The minimum Gasteiger partial charge on any atom is -0.458 e. The largest absolute Gasteiger partial charge is 0.458 e. The zero-order chi connectivity index (χ0) is 41.1. The monoisotopic (exact) mass is 813 g/mol. The zero-order valence-electron chi connectivity index (χ0n) is 35.0. The van der Waals surface area contributed by atoms with Crippen LogP contribution in [0.4, 0.5) is 0 Å². The molecule has 320 valence electrons. The number of amides is 2. The maximum absolute atomic E-state index is 15.7. The van der Waals surface area contributed by atoms with Gasteiger partial charge in [-0.2, -0.15) is 5.06 Å². The van der Waals surface area contributed by atoms with Crippen molar-refractivity contribution in [2.45, 2.75) is 158 Å². The highest BCUT2D eigenvalue weighted by Gasteiger charge is 2.76. The van der Waals surface area contributed by atoms with Gasteiger partial charge >= 0.3 is 5.97 Å². The molecule has 10 unspecified atom stereocenters. The van der Waals surface area contributed by atoms with Gasteiger partial charge in [0.05, 0.1) is 25.4 Å². The molecule has 0 radical (unpaired) electrons. The molecule has 2 saturated carbocycles. The molecule has 6 aliphatic rings. The molecule has 0 spiro atoms. The van der Waals surface area contributed by atoms with Crippen LogP contribution in [-0.4, -0.2) is 108 Å². The second kappa shape index (κ2) is 18.1. The molecule has 4 saturated heterocycles. The lowest BCUT2D eigenvalue weighted by Crippen LogP contribution is -2.70. The standard InChI is InChI=1S/C47H63N3O9/c1-4-6-13-23-46(24-14-7-5-2)57-39-38-29-47(45(54)49(3)35(43(52)48-25-26-51)27-31-15-9-8-10-16-31)41(44(53)56-38)50(59-42(47)40(39)58-46)30-34-18-12-11-17-33(34)21-19-32-20-22-36-37(28-32)55-36/h8-12,15-19,21,32,35-42,51H,4-7,13-14,20,22-30H2,1-3H3,(H,48,52). The Labute approximate surface area is 348 Å². The number of hydrogen-bond acceptors (Lipinski definition) is 10. The minimum absolute atomic E-state index is 0.0460. The predicted molar refractivity (Wildman–Crippen MR) is 220 cm³/mol. The van der Waals surface area contributed by atoms with Crippen molar-refractivity contribution in [1.82, 2.24) is 15.3 Å². The number of likely N-dealkylation sites (N-methyl/N-ethyl adjacent to an activating group) is 1. The highest BCUT2D eigenvalue weighted by molar-refractivity contribution is 5.96. The van der Waals surface area contributed by atoms with Crippen LogP contribution in [0.15, 0.2) is 60.7 Å². The van der Waals surface area contributed by atoms with Gasteiger partial charge in [-0.15, -0.1) is 0 Å². The summed E-state index contributed by atoms with van der Waals surface area (Å²) < 4.78 is 26.2. The number of fused-ring (bicyclic) bond motifs is 5. The lowest BCUT2D eigenvalue weighted by atomic mass is 9.62.